The highest BCUT2D eigenvalue weighted by atomic mass is 16.8. The molecule has 0 spiro atoms. The molecule has 0 radical (unpaired) electrons. The van der Waals surface area contributed by atoms with Crippen LogP contribution in [0.1, 0.15) is 33.6 Å². The van der Waals surface area contributed by atoms with Gasteiger partial charge in [-0.15, -0.1) is 6.58 Å². The zero-order chi connectivity index (χ0) is 23.4. The number of aliphatic hydroxyl groups excluding tert-OH is 5. The minimum atomic E-state index is -1.92. The van der Waals surface area contributed by atoms with E-state index in [4.69, 9.17) is 18.9 Å². The summed E-state index contributed by atoms with van der Waals surface area (Å²) in [5.41, 5.74) is -1.68. The summed E-state index contributed by atoms with van der Waals surface area (Å²) in [5, 5.41) is 60.2. The van der Waals surface area contributed by atoms with Gasteiger partial charge in [-0.1, -0.05) is 17.7 Å². The molecule has 6 N–H and O–H groups in total. The van der Waals surface area contributed by atoms with Gasteiger partial charge >= 0.3 is 0 Å². The molecule has 2 saturated heterocycles. The van der Waals surface area contributed by atoms with Crippen molar-refractivity contribution in [1.29, 1.82) is 0 Å². The Morgan fingerprint density at radius 3 is 2.39 bits per heavy atom. The largest absolute Gasteiger partial charge is 0.394 e. The Morgan fingerprint density at radius 1 is 1.19 bits per heavy atom. The molecule has 10 heteroatoms. The summed E-state index contributed by atoms with van der Waals surface area (Å²) in [7, 11) is 0. The number of aliphatic hydroxyl groups is 6. The zero-order valence-corrected chi connectivity index (χ0v) is 18.3. The van der Waals surface area contributed by atoms with Crippen LogP contribution in [0.15, 0.2) is 24.3 Å². The van der Waals surface area contributed by atoms with E-state index in [0.717, 1.165) is 5.57 Å². The number of hydrogen-bond acceptors (Lipinski definition) is 10. The van der Waals surface area contributed by atoms with Gasteiger partial charge in [-0.25, -0.2) is 0 Å². The molecular weight excluding hydrogens is 412 g/mol. The highest BCUT2D eigenvalue weighted by molar-refractivity contribution is 5.01. The molecule has 31 heavy (non-hydrogen) atoms. The van der Waals surface area contributed by atoms with Crippen molar-refractivity contribution in [2.24, 2.45) is 0 Å². The first-order valence-electron chi connectivity index (χ1n) is 10.4. The molecule has 0 aromatic heterocycles. The maximum Gasteiger partial charge on any atom is 0.188 e. The van der Waals surface area contributed by atoms with E-state index in [-0.39, 0.29) is 6.61 Å². The molecule has 0 unspecified atom stereocenters. The second-order valence-corrected chi connectivity index (χ2v) is 8.65. The molecule has 2 aliphatic rings. The molecule has 0 aromatic carbocycles. The topological polar surface area (TPSA) is 158 Å². The average molecular weight is 449 g/mol. The van der Waals surface area contributed by atoms with Gasteiger partial charge in [0.1, 0.15) is 36.1 Å². The monoisotopic (exact) mass is 448 g/mol. The van der Waals surface area contributed by atoms with Crippen LogP contribution in [-0.2, 0) is 18.9 Å². The molecule has 2 heterocycles. The zero-order valence-electron chi connectivity index (χ0n) is 18.3. The van der Waals surface area contributed by atoms with E-state index in [1.54, 1.807) is 13.0 Å². The summed E-state index contributed by atoms with van der Waals surface area (Å²) in [4.78, 5) is 0. The van der Waals surface area contributed by atoms with Crippen molar-refractivity contribution >= 4 is 0 Å². The minimum Gasteiger partial charge on any atom is -0.394 e. The molecule has 0 bridgehead atoms. The fourth-order valence-corrected chi connectivity index (χ4v) is 3.48. The summed E-state index contributed by atoms with van der Waals surface area (Å²) < 4.78 is 22.6. The van der Waals surface area contributed by atoms with Crippen molar-refractivity contribution in [3.05, 3.63) is 24.3 Å². The van der Waals surface area contributed by atoms with Gasteiger partial charge in [-0.05, 0) is 33.6 Å². The Morgan fingerprint density at radius 2 is 1.87 bits per heavy atom. The Bertz CT molecular complexity index is 623. The van der Waals surface area contributed by atoms with Crippen molar-refractivity contribution in [2.75, 3.05) is 19.8 Å². The van der Waals surface area contributed by atoms with Crippen molar-refractivity contribution < 1.29 is 49.6 Å². The molecule has 180 valence electrons. The Labute approximate surface area is 182 Å². The summed E-state index contributed by atoms with van der Waals surface area (Å²) in [6.45, 7) is 7.82. The quantitative estimate of drug-likeness (QED) is 0.228. The van der Waals surface area contributed by atoms with Crippen LogP contribution in [-0.4, -0.2) is 105 Å². The van der Waals surface area contributed by atoms with Gasteiger partial charge in [0.05, 0.1) is 25.4 Å². The molecule has 0 aromatic rings. The fourth-order valence-electron chi connectivity index (χ4n) is 3.48. The first-order chi connectivity index (χ1) is 14.5. The van der Waals surface area contributed by atoms with Gasteiger partial charge in [0, 0.05) is 0 Å². The smallest absolute Gasteiger partial charge is 0.188 e. The molecule has 2 fully saturated rings. The Hall–Kier alpha value is -0.920. The van der Waals surface area contributed by atoms with Crippen molar-refractivity contribution in [1.82, 2.24) is 0 Å². The molecule has 0 aliphatic carbocycles. The van der Waals surface area contributed by atoms with E-state index < -0.39 is 67.5 Å². The van der Waals surface area contributed by atoms with Gasteiger partial charge in [-0.3, -0.25) is 0 Å². The van der Waals surface area contributed by atoms with E-state index in [0.29, 0.717) is 12.8 Å². The molecule has 2 aliphatic heterocycles. The molecular formula is C21H36O10. The SMILES string of the molecule is C=C[C@](C)(CCC=C(C)C)O[C@@H]1O[C@H](CO)[C@@H](O)[C@H](O)[C@H]1O[C@@H]1OC[C@](O)(CO)[C@H]1O. The third kappa shape index (κ3) is 6.11. The summed E-state index contributed by atoms with van der Waals surface area (Å²) in [6.07, 6.45) is -4.95. The second-order valence-electron chi connectivity index (χ2n) is 8.65. The number of hydrogen-bond donors (Lipinski definition) is 6. The summed E-state index contributed by atoms with van der Waals surface area (Å²) >= 11 is 0. The van der Waals surface area contributed by atoms with Crippen molar-refractivity contribution in [3.8, 4) is 0 Å². The number of rotatable bonds is 10. The summed E-state index contributed by atoms with van der Waals surface area (Å²) in [6, 6.07) is 0. The third-order valence-electron chi connectivity index (χ3n) is 5.71. The lowest BCUT2D eigenvalue weighted by Crippen LogP contribution is -2.62. The van der Waals surface area contributed by atoms with Gasteiger partial charge in [0.25, 0.3) is 0 Å². The van der Waals surface area contributed by atoms with E-state index in [1.165, 1.54) is 0 Å². The van der Waals surface area contributed by atoms with E-state index in [1.807, 2.05) is 19.9 Å². The van der Waals surface area contributed by atoms with Crippen LogP contribution in [0.3, 0.4) is 0 Å². The highest BCUT2D eigenvalue weighted by Gasteiger charge is 2.53. The van der Waals surface area contributed by atoms with Gasteiger partial charge in [-0.2, -0.15) is 0 Å². The van der Waals surface area contributed by atoms with Gasteiger partial charge in [0.2, 0.25) is 0 Å². The molecule has 2 rings (SSSR count). The Balaban J connectivity index is 2.21. The predicted octanol–water partition coefficient (Wildman–Crippen LogP) is -1.04. The lowest BCUT2D eigenvalue weighted by atomic mass is 9.96. The predicted molar refractivity (Wildman–Crippen MR) is 109 cm³/mol. The van der Waals surface area contributed by atoms with Crippen LogP contribution in [0.25, 0.3) is 0 Å². The van der Waals surface area contributed by atoms with Crippen LogP contribution >= 0.6 is 0 Å². The summed E-state index contributed by atoms with van der Waals surface area (Å²) in [5.74, 6) is 0. The molecule has 0 saturated carbocycles. The fraction of sp³-hybridized carbons (Fsp3) is 0.810. The average Bonchev–Trinajstić information content (AvgIpc) is 3.02. The first-order valence-corrected chi connectivity index (χ1v) is 10.4. The maximum absolute atomic E-state index is 10.6. The highest BCUT2D eigenvalue weighted by Crippen LogP contribution is 2.34. The molecule has 0 amide bonds. The van der Waals surface area contributed by atoms with E-state index in [9.17, 15) is 30.6 Å². The van der Waals surface area contributed by atoms with Gasteiger partial charge < -0.3 is 49.6 Å². The van der Waals surface area contributed by atoms with Crippen LogP contribution in [0.4, 0.5) is 0 Å². The Kier molecular flexibility index (Phi) is 9.17. The second kappa shape index (κ2) is 10.8. The van der Waals surface area contributed by atoms with Gasteiger partial charge in [0.15, 0.2) is 12.6 Å². The number of ether oxygens (including phenoxy) is 4. The van der Waals surface area contributed by atoms with E-state index >= 15 is 0 Å². The lowest BCUT2D eigenvalue weighted by Gasteiger charge is -2.45. The van der Waals surface area contributed by atoms with E-state index in [2.05, 4.69) is 6.58 Å². The normalized spacial score (nSPS) is 40.4. The molecule has 9 atom stereocenters. The van der Waals surface area contributed by atoms with Crippen molar-refractivity contribution in [2.45, 2.75) is 87.9 Å². The van der Waals surface area contributed by atoms with Crippen LogP contribution in [0.5, 0.6) is 0 Å². The van der Waals surface area contributed by atoms with Crippen molar-refractivity contribution in [3.63, 3.8) is 0 Å². The lowest BCUT2D eigenvalue weighted by molar-refractivity contribution is -0.349. The van der Waals surface area contributed by atoms with Crippen LogP contribution < -0.4 is 0 Å². The van der Waals surface area contributed by atoms with Crippen LogP contribution in [0.2, 0.25) is 0 Å². The maximum atomic E-state index is 10.6. The third-order valence-corrected chi connectivity index (χ3v) is 5.71. The minimum absolute atomic E-state index is 0.389. The number of allylic oxidation sites excluding steroid dienone is 2. The standard InChI is InChI=1S/C21H36O10/c1-5-20(4,8-6-7-12(2)3)31-18-16(15(25)14(24)13(9-22)29-18)30-19-17(26)21(27,10-23)11-28-19/h5,7,13-19,22-27H,1,6,8-11H2,2-4H3/t13-,14-,15+,16-,17+,18+,19+,20-,21-/m1/s1. The molecule has 10 nitrogen and oxygen atoms in total. The first kappa shape index (κ1) is 26.3. The van der Waals surface area contributed by atoms with Crippen LogP contribution in [0, 0.1) is 0 Å².